The fourth-order valence-electron chi connectivity index (χ4n) is 0.732. The molecular weight excluding hydrogens is 131 g/mol. The Morgan fingerprint density at radius 3 is 2.70 bits per heavy atom. The summed E-state index contributed by atoms with van der Waals surface area (Å²) in [5.41, 5.74) is 0. The Morgan fingerprint density at radius 2 is 2.30 bits per heavy atom. The highest BCUT2D eigenvalue weighted by molar-refractivity contribution is 4.75. The highest BCUT2D eigenvalue weighted by Gasteiger charge is 1.98. The SMILES string of the molecule is CCN(CC#N)CCCF. The quantitative estimate of drug-likeness (QED) is 0.542. The number of hydrogen-bond donors (Lipinski definition) is 0. The molecule has 0 fully saturated rings. The summed E-state index contributed by atoms with van der Waals surface area (Å²) in [4.78, 5) is 1.92. The molecule has 2 nitrogen and oxygen atoms in total. The first-order valence-corrected chi connectivity index (χ1v) is 3.50. The van der Waals surface area contributed by atoms with Crippen LogP contribution in [0.3, 0.4) is 0 Å². The zero-order valence-corrected chi connectivity index (χ0v) is 6.31. The molecule has 0 amide bonds. The van der Waals surface area contributed by atoms with Gasteiger partial charge in [0.2, 0.25) is 0 Å². The Labute approximate surface area is 61.2 Å². The van der Waals surface area contributed by atoms with E-state index in [9.17, 15) is 4.39 Å². The maximum absolute atomic E-state index is 11.6. The molecule has 0 saturated heterocycles. The maximum atomic E-state index is 11.6. The van der Waals surface area contributed by atoms with Crippen LogP contribution in [0.4, 0.5) is 4.39 Å². The number of alkyl halides is 1. The van der Waals surface area contributed by atoms with Gasteiger partial charge in [-0.25, -0.2) is 0 Å². The molecule has 0 atom stereocenters. The van der Waals surface area contributed by atoms with Gasteiger partial charge < -0.3 is 0 Å². The van der Waals surface area contributed by atoms with E-state index in [0.29, 0.717) is 19.5 Å². The molecule has 0 aromatic rings. The largest absolute Gasteiger partial charge is 0.291 e. The van der Waals surface area contributed by atoms with Crippen LogP contribution in [0.15, 0.2) is 0 Å². The molecule has 0 bridgehead atoms. The predicted molar refractivity (Wildman–Crippen MR) is 38.3 cm³/mol. The number of rotatable bonds is 5. The van der Waals surface area contributed by atoms with E-state index in [0.717, 1.165) is 6.54 Å². The van der Waals surface area contributed by atoms with Gasteiger partial charge in [0.15, 0.2) is 0 Å². The van der Waals surface area contributed by atoms with E-state index >= 15 is 0 Å². The first kappa shape index (κ1) is 9.38. The van der Waals surface area contributed by atoms with Crippen LogP contribution < -0.4 is 0 Å². The van der Waals surface area contributed by atoms with Gasteiger partial charge in [-0.2, -0.15) is 5.26 Å². The number of nitriles is 1. The van der Waals surface area contributed by atoms with Crippen LogP contribution in [-0.2, 0) is 0 Å². The third-order valence-electron chi connectivity index (χ3n) is 1.35. The standard InChI is InChI=1S/C7H13FN2/c1-2-10(7-5-9)6-3-4-8/h2-4,6-7H2,1H3. The summed E-state index contributed by atoms with van der Waals surface area (Å²) in [5.74, 6) is 0. The normalized spacial score (nSPS) is 9.80. The number of hydrogen-bond acceptors (Lipinski definition) is 2. The smallest absolute Gasteiger partial charge is 0.0906 e. The highest BCUT2D eigenvalue weighted by atomic mass is 19.1. The minimum Gasteiger partial charge on any atom is -0.291 e. The van der Waals surface area contributed by atoms with Crippen LogP contribution in [-0.4, -0.2) is 31.2 Å². The van der Waals surface area contributed by atoms with Gasteiger partial charge in [0.1, 0.15) is 0 Å². The lowest BCUT2D eigenvalue weighted by Crippen LogP contribution is -2.25. The van der Waals surface area contributed by atoms with Crippen molar-refractivity contribution in [3.63, 3.8) is 0 Å². The van der Waals surface area contributed by atoms with E-state index in [-0.39, 0.29) is 6.67 Å². The molecule has 10 heavy (non-hydrogen) atoms. The van der Waals surface area contributed by atoms with Crippen molar-refractivity contribution in [2.75, 3.05) is 26.3 Å². The summed E-state index contributed by atoms with van der Waals surface area (Å²) in [7, 11) is 0. The third kappa shape index (κ3) is 4.28. The summed E-state index contributed by atoms with van der Waals surface area (Å²) < 4.78 is 11.6. The topological polar surface area (TPSA) is 27.0 Å². The molecule has 0 unspecified atom stereocenters. The Morgan fingerprint density at radius 1 is 1.60 bits per heavy atom. The monoisotopic (exact) mass is 144 g/mol. The first-order valence-electron chi connectivity index (χ1n) is 3.50. The summed E-state index contributed by atoms with van der Waals surface area (Å²) in [5, 5.41) is 8.28. The van der Waals surface area contributed by atoms with Crippen molar-refractivity contribution < 1.29 is 4.39 Å². The van der Waals surface area contributed by atoms with E-state index in [2.05, 4.69) is 0 Å². The van der Waals surface area contributed by atoms with Gasteiger partial charge >= 0.3 is 0 Å². The van der Waals surface area contributed by atoms with Gasteiger partial charge in [-0.1, -0.05) is 6.92 Å². The minimum absolute atomic E-state index is 0.290. The zero-order valence-electron chi connectivity index (χ0n) is 6.31. The molecule has 0 spiro atoms. The van der Waals surface area contributed by atoms with Crippen LogP contribution in [0.1, 0.15) is 13.3 Å². The minimum atomic E-state index is -0.290. The average molecular weight is 144 g/mol. The van der Waals surface area contributed by atoms with Gasteiger partial charge in [-0.3, -0.25) is 9.29 Å². The molecule has 0 aliphatic heterocycles. The molecule has 0 heterocycles. The molecule has 3 heteroatoms. The van der Waals surface area contributed by atoms with Crippen LogP contribution in [0.2, 0.25) is 0 Å². The van der Waals surface area contributed by atoms with Crippen molar-refractivity contribution in [2.24, 2.45) is 0 Å². The Kier molecular flexibility index (Phi) is 6.10. The summed E-state index contributed by atoms with van der Waals surface area (Å²) >= 11 is 0. The molecule has 0 saturated carbocycles. The second kappa shape index (κ2) is 6.50. The van der Waals surface area contributed by atoms with Crippen LogP contribution >= 0.6 is 0 Å². The van der Waals surface area contributed by atoms with E-state index in [1.165, 1.54) is 0 Å². The average Bonchev–Trinajstić information content (AvgIpc) is 1.98. The van der Waals surface area contributed by atoms with Crippen LogP contribution in [0, 0.1) is 11.3 Å². The van der Waals surface area contributed by atoms with E-state index in [4.69, 9.17) is 5.26 Å². The fourth-order valence-corrected chi connectivity index (χ4v) is 0.732. The lowest BCUT2D eigenvalue weighted by molar-refractivity contribution is 0.299. The van der Waals surface area contributed by atoms with Crippen molar-refractivity contribution in [3.8, 4) is 6.07 Å². The van der Waals surface area contributed by atoms with E-state index < -0.39 is 0 Å². The lowest BCUT2D eigenvalue weighted by atomic mass is 10.4. The number of nitrogens with zero attached hydrogens (tertiary/aromatic N) is 2. The first-order chi connectivity index (χ1) is 4.85. The van der Waals surface area contributed by atoms with Crippen molar-refractivity contribution >= 4 is 0 Å². The lowest BCUT2D eigenvalue weighted by Gasteiger charge is -2.14. The summed E-state index contributed by atoms with van der Waals surface area (Å²) in [6, 6.07) is 2.03. The Balaban J connectivity index is 3.32. The maximum Gasteiger partial charge on any atom is 0.0906 e. The highest BCUT2D eigenvalue weighted by Crippen LogP contribution is 1.89. The third-order valence-corrected chi connectivity index (χ3v) is 1.35. The van der Waals surface area contributed by atoms with Crippen molar-refractivity contribution in [1.82, 2.24) is 4.90 Å². The molecule has 0 aliphatic carbocycles. The zero-order chi connectivity index (χ0) is 7.82. The molecule has 0 rings (SSSR count). The Hall–Kier alpha value is -0.620. The summed E-state index contributed by atoms with van der Waals surface area (Å²) in [6.45, 7) is 3.61. The van der Waals surface area contributed by atoms with Crippen molar-refractivity contribution in [1.29, 1.82) is 5.26 Å². The predicted octanol–water partition coefficient (Wildman–Crippen LogP) is 1.19. The second-order valence-corrected chi connectivity index (χ2v) is 2.07. The molecule has 0 N–H and O–H groups in total. The van der Waals surface area contributed by atoms with E-state index in [1.807, 2.05) is 17.9 Å². The van der Waals surface area contributed by atoms with Gasteiger partial charge in [0.05, 0.1) is 19.3 Å². The second-order valence-electron chi connectivity index (χ2n) is 2.07. The Bertz CT molecular complexity index is 109. The fraction of sp³-hybridized carbons (Fsp3) is 0.857. The van der Waals surface area contributed by atoms with Gasteiger partial charge in [-0.15, -0.1) is 0 Å². The van der Waals surface area contributed by atoms with Crippen LogP contribution in [0.25, 0.3) is 0 Å². The molecule has 0 aliphatic rings. The molecule has 0 radical (unpaired) electrons. The molecule has 58 valence electrons. The van der Waals surface area contributed by atoms with Crippen molar-refractivity contribution in [2.45, 2.75) is 13.3 Å². The summed E-state index contributed by atoms with van der Waals surface area (Å²) in [6.07, 6.45) is 0.537. The molecular formula is C7H13FN2. The number of halogens is 1. The molecule has 0 aromatic heterocycles. The van der Waals surface area contributed by atoms with Crippen LogP contribution in [0.5, 0.6) is 0 Å². The van der Waals surface area contributed by atoms with Gasteiger partial charge in [-0.05, 0) is 13.0 Å². The van der Waals surface area contributed by atoms with E-state index in [1.54, 1.807) is 0 Å². The van der Waals surface area contributed by atoms with Crippen molar-refractivity contribution in [3.05, 3.63) is 0 Å². The molecule has 0 aromatic carbocycles. The van der Waals surface area contributed by atoms with Gasteiger partial charge in [0.25, 0.3) is 0 Å². The van der Waals surface area contributed by atoms with Gasteiger partial charge in [0, 0.05) is 6.54 Å².